The maximum absolute atomic E-state index is 13.2. The van der Waals surface area contributed by atoms with Crippen LogP contribution in [0.4, 0.5) is 0 Å². The molecular formula is C24H28O2. The summed E-state index contributed by atoms with van der Waals surface area (Å²) in [5, 5.41) is 0. The average Bonchev–Trinajstić information content (AvgIpc) is 2.68. The van der Waals surface area contributed by atoms with Gasteiger partial charge in [0.15, 0.2) is 0 Å². The number of carbonyl (C=O) groups is 2. The van der Waals surface area contributed by atoms with E-state index >= 15 is 0 Å². The van der Waals surface area contributed by atoms with Crippen LogP contribution in [0, 0.1) is 11.8 Å². The van der Waals surface area contributed by atoms with Gasteiger partial charge >= 0.3 is 0 Å². The third kappa shape index (κ3) is 3.65. The second-order valence-corrected chi connectivity index (χ2v) is 7.38. The van der Waals surface area contributed by atoms with Gasteiger partial charge in [0.2, 0.25) is 0 Å². The van der Waals surface area contributed by atoms with Crippen LogP contribution < -0.4 is 0 Å². The Hall–Kier alpha value is -2.22. The fraction of sp³-hybridized carbons (Fsp3) is 0.417. The molecule has 2 nitrogen and oxygen atoms in total. The first-order chi connectivity index (χ1) is 12.7. The molecule has 3 rings (SSSR count). The van der Waals surface area contributed by atoms with Crippen molar-refractivity contribution < 1.29 is 9.59 Å². The zero-order valence-corrected chi connectivity index (χ0v) is 15.7. The fourth-order valence-corrected chi connectivity index (χ4v) is 4.66. The van der Waals surface area contributed by atoms with E-state index < -0.39 is 0 Å². The van der Waals surface area contributed by atoms with Gasteiger partial charge in [-0.15, -0.1) is 0 Å². The van der Waals surface area contributed by atoms with Crippen LogP contribution in [0.1, 0.15) is 62.5 Å². The van der Waals surface area contributed by atoms with Crippen molar-refractivity contribution in [3.63, 3.8) is 0 Å². The Kier molecular flexibility index (Phi) is 6.03. The predicted octanol–water partition coefficient (Wildman–Crippen LogP) is 5.54. The van der Waals surface area contributed by atoms with Crippen LogP contribution in [0.5, 0.6) is 0 Å². The lowest BCUT2D eigenvalue weighted by atomic mass is 9.59. The first kappa shape index (κ1) is 18.6. The van der Waals surface area contributed by atoms with Crippen molar-refractivity contribution in [3.8, 4) is 0 Å². The topological polar surface area (TPSA) is 34.1 Å². The van der Waals surface area contributed by atoms with E-state index in [9.17, 15) is 9.59 Å². The molecule has 1 saturated carbocycles. The van der Waals surface area contributed by atoms with Crippen molar-refractivity contribution in [2.45, 2.75) is 51.4 Å². The van der Waals surface area contributed by atoms with Crippen molar-refractivity contribution in [2.75, 3.05) is 0 Å². The van der Waals surface area contributed by atoms with Crippen molar-refractivity contribution in [3.05, 3.63) is 71.8 Å². The molecule has 4 atom stereocenters. The molecule has 2 aromatic rings. The van der Waals surface area contributed by atoms with Gasteiger partial charge in [0.05, 0.1) is 0 Å². The Morgan fingerprint density at radius 3 is 2.04 bits per heavy atom. The summed E-state index contributed by atoms with van der Waals surface area (Å²) in [6.45, 7) is 4.13. The molecule has 0 unspecified atom stereocenters. The van der Waals surface area contributed by atoms with E-state index in [0.29, 0.717) is 24.4 Å². The SMILES string of the molecule is CCCC(=O)[C@H]1[C@@H](c2ccccc2)[C@@H](CC)C(=O)C[C@H]1c1ccccc1. The number of hydrogen-bond acceptors (Lipinski definition) is 2. The molecule has 0 radical (unpaired) electrons. The zero-order chi connectivity index (χ0) is 18.5. The molecule has 1 fully saturated rings. The van der Waals surface area contributed by atoms with Crippen molar-refractivity contribution in [1.29, 1.82) is 0 Å². The second-order valence-electron chi connectivity index (χ2n) is 7.38. The van der Waals surface area contributed by atoms with E-state index in [1.54, 1.807) is 0 Å². The Morgan fingerprint density at radius 2 is 1.50 bits per heavy atom. The summed E-state index contributed by atoms with van der Waals surface area (Å²) in [6.07, 6.45) is 2.70. The summed E-state index contributed by atoms with van der Waals surface area (Å²) in [7, 11) is 0. The normalized spacial score (nSPS) is 25.8. The second kappa shape index (κ2) is 8.44. The summed E-state index contributed by atoms with van der Waals surface area (Å²) in [6, 6.07) is 20.3. The van der Waals surface area contributed by atoms with Gasteiger partial charge in [-0.3, -0.25) is 9.59 Å². The molecule has 0 heterocycles. The monoisotopic (exact) mass is 348 g/mol. The van der Waals surface area contributed by atoms with Crippen LogP contribution in [-0.4, -0.2) is 11.6 Å². The first-order valence-electron chi connectivity index (χ1n) is 9.82. The highest BCUT2D eigenvalue weighted by molar-refractivity contribution is 5.90. The molecule has 136 valence electrons. The molecular weight excluding hydrogens is 320 g/mol. The smallest absolute Gasteiger partial charge is 0.137 e. The van der Waals surface area contributed by atoms with E-state index in [-0.39, 0.29) is 23.7 Å². The van der Waals surface area contributed by atoms with Crippen LogP contribution in [0.25, 0.3) is 0 Å². The van der Waals surface area contributed by atoms with Crippen molar-refractivity contribution in [2.24, 2.45) is 11.8 Å². The molecule has 0 bridgehead atoms. The molecule has 0 aromatic heterocycles. The number of benzene rings is 2. The third-order valence-corrected chi connectivity index (χ3v) is 5.81. The number of ketones is 2. The summed E-state index contributed by atoms with van der Waals surface area (Å²) in [4.78, 5) is 26.2. The quantitative estimate of drug-likeness (QED) is 0.687. The van der Waals surface area contributed by atoms with Gasteiger partial charge < -0.3 is 0 Å². The molecule has 0 aliphatic heterocycles. The largest absolute Gasteiger partial charge is 0.299 e. The molecule has 26 heavy (non-hydrogen) atoms. The summed E-state index contributed by atoms with van der Waals surface area (Å²) in [5.41, 5.74) is 2.24. The molecule has 2 heteroatoms. The highest BCUT2D eigenvalue weighted by atomic mass is 16.1. The first-order valence-corrected chi connectivity index (χ1v) is 9.82. The summed E-state index contributed by atoms with van der Waals surface area (Å²) in [5.74, 6) is 0.380. The lowest BCUT2D eigenvalue weighted by Crippen LogP contribution is -2.41. The molecule has 0 spiro atoms. The molecule has 0 saturated heterocycles. The zero-order valence-electron chi connectivity index (χ0n) is 15.7. The minimum atomic E-state index is -0.123. The van der Waals surface area contributed by atoms with E-state index in [2.05, 4.69) is 38.1 Å². The minimum absolute atomic E-state index is 0.0178. The maximum atomic E-state index is 13.2. The Bertz CT molecular complexity index is 735. The van der Waals surface area contributed by atoms with Gasteiger partial charge in [0.25, 0.3) is 0 Å². The third-order valence-electron chi connectivity index (χ3n) is 5.81. The van der Waals surface area contributed by atoms with E-state index in [1.165, 1.54) is 0 Å². The summed E-state index contributed by atoms with van der Waals surface area (Å²) < 4.78 is 0. The lowest BCUT2D eigenvalue weighted by Gasteiger charge is -2.42. The number of Topliss-reactive ketones (excluding diaryl/α,β-unsaturated/α-hetero) is 2. The van der Waals surface area contributed by atoms with E-state index in [0.717, 1.165) is 24.0 Å². The Balaban J connectivity index is 2.11. The minimum Gasteiger partial charge on any atom is -0.299 e. The van der Waals surface area contributed by atoms with Crippen LogP contribution >= 0.6 is 0 Å². The van der Waals surface area contributed by atoms with Crippen LogP contribution in [0.3, 0.4) is 0 Å². The van der Waals surface area contributed by atoms with Crippen molar-refractivity contribution in [1.82, 2.24) is 0 Å². The Labute approximate surface area is 156 Å². The molecule has 2 aromatic carbocycles. The van der Waals surface area contributed by atoms with Gasteiger partial charge in [-0.1, -0.05) is 74.5 Å². The summed E-state index contributed by atoms with van der Waals surface area (Å²) >= 11 is 0. The van der Waals surface area contributed by atoms with Gasteiger partial charge in [-0.2, -0.15) is 0 Å². The van der Waals surface area contributed by atoms with E-state index in [1.807, 2.05) is 36.4 Å². The maximum Gasteiger partial charge on any atom is 0.137 e. The fourth-order valence-electron chi connectivity index (χ4n) is 4.66. The Morgan fingerprint density at radius 1 is 0.923 bits per heavy atom. The molecule has 0 amide bonds. The van der Waals surface area contributed by atoms with Gasteiger partial charge in [0, 0.05) is 36.5 Å². The van der Waals surface area contributed by atoms with Crippen LogP contribution in [0.15, 0.2) is 60.7 Å². The van der Waals surface area contributed by atoms with Crippen LogP contribution in [-0.2, 0) is 9.59 Å². The number of carbonyl (C=O) groups excluding carboxylic acids is 2. The van der Waals surface area contributed by atoms with Crippen LogP contribution in [0.2, 0.25) is 0 Å². The van der Waals surface area contributed by atoms with Gasteiger partial charge in [-0.25, -0.2) is 0 Å². The predicted molar refractivity (Wildman–Crippen MR) is 105 cm³/mol. The average molecular weight is 348 g/mol. The standard InChI is InChI=1S/C24H28O2/c1-3-11-21(25)24-20(17-12-7-5-8-13-17)16-22(26)19(4-2)23(24)18-14-9-6-10-15-18/h5-10,12-15,19-20,23-24H,3-4,11,16H2,1-2H3/t19-,20-,23-,24-/m0/s1. The highest BCUT2D eigenvalue weighted by Crippen LogP contribution is 2.49. The molecule has 1 aliphatic carbocycles. The highest BCUT2D eigenvalue weighted by Gasteiger charge is 2.47. The van der Waals surface area contributed by atoms with Crippen molar-refractivity contribution >= 4 is 11.6 Å². The number of hydrogen-bond donors (Lipinski definition) is 0. The molecule has 0 N–H and O–H groups in total. The van der Waals surface area contributed by atoms with Gasteiger partial charge in [0.1, 0.15) is 11.6 Å². The molecule has 1 aliphatic rings. The van der Waals surface area contributed by atoms with E-state index in [4.69, 9.17) is 0 Å². The van der Waals surface area contributed by atoms with Gasteiger partial charge in [-0.05, 0) is 24.0 Å². The number of rotatable bonds is 6. The lowest BCUT2D eigenvalue weighted by molar-refractivity contribution is -0.133.